The van der Waals surface area contributed by atoms with E-state index < -0.39 is 0 Å². The zero-order valence-corrected chi connectivity index (χ0v) is 23.1. The lowest BCUT2D eigenvalue weighted by molar-refractivity contribution is 0.284. The van der Waals surface area contributed by atoms with E-state index in [0.717, 1.165) is 31.2 Å². The maximum absolute atomic E-state index is 13.4. The number of ether oxygens (including phenoxy) is 2. The van der Waals surface area contributed by atoms with E-state index in [1.165, 1.54) is 18.2 Å². The van der Waals surface area contributed by atoms with Crippen LogP contribution in [-0.2, 0) is 6.61 Å². The van der Waals surface area contributed by atoms with E-state index in [-0.39, 0.29) is 18.1 Å². The van der Waals surface area contributed by atoms with Crippen LogP contribution < -0.4 is 15.0 Å². The number of aromatic nitrogens is 2. The standard InChI is InChI=1S/C29H26Cl3N3O3/c1-37-26-15-19(14-24(32)27(26)38-17-18-11-12-22(30)23(31)13-18)16-33-35-28(20-7-3-2-4-8-20)34-25-10-6-5-9-21(25)29(35)36/h5-6,9-16,20H,2-4,7-8,17H2,1H3. The number of benzene rings is 3. The molecule has 9 heteroatoms. The molecule has 6 nitrogen and oxygen atoms in total. The van der Waals surface area contributed by atoms with Crippen LogP contribution in [-0.4, -0.2) is 23.0 Å². The minimum absolute atomic E-state index is 0.188. The molecule has 0 aliphatic heterocycles. The molecule has 5 rings (SSSR count). The van der Waals surface area contributed by atoms with Crippen molar-refractivity contribution in [2.75, 3.05) is 7.11 Å². The van der Waals surface area contributed by atoms with E-state index >= 15 is 0 Å². The molecule has 1 heterocycles. The van der Waals surface area contributed by atoms with Gasteiger partial charge in [-0.25, -0.2) is 4.98 Å². The number of fused-ring (bicyclic) bond motifs is 1. The highest BCUT2D eigenvalue weighted by molar-refractivity contribution is 6.42. The first-order valence-corrected chi connectivity index (χ1v) is 13.6. The fourth-order valence-electron chi connectivity index (χ4n) is 4.74. The molecule has 4 aromatic rings. The minimum atomic E-state index is -0.188. The highest BCUT2D eigenvalue weighted by Gasteiger charge is 2.22. The van der Waals surface area contributed by atoms with E-state index in [0.29, 0.717) is 48.9 Å². The summed E-state index contributed by atoms with van der Waals surface area (Å²) in [6, 6.07) is 16.1. The number of para-hydroxylation sites is 1. The summed E-state index contributed by atoms with van der Waals surface area (Å²) in [5.74, 6) is 1.72. The summed E-state index contributed by atoms with van der Waals surface area (Å²) in [6.07, 6.45) is 7.02. The Morgan fingerprint density at radius 3 is 2.55 bits per heavy atom. The van der Waals surface area contributed by atoms with Crippen molar-refractivity contribution in [3.05, 3.63) is 97.0 Å². The molecule has 0 bridgehead atoms. The first-order chi connectivity index (χ1) is 18.4. The van der Waals surface area contributed by atoms with Crippen LogP contribution in [0.15, 0.2) is 64.5 Å². The Morgan fingerprint density at radius 1 is 1.00 bits per heavy atom. The van der Waals surface area contributed by atoms with Crippen molar-refractivity contribution in [1.82, 2.24) is 9.66 Å². The van der Waals surface area contributed by atoms with Crippen LogP contribution in [0.5, 0.6) is 11.5 Å². The fourth-order valence-corrected chi connectivity index (χ4v) is 5.34. The smallest absolute Gasteiger partial charge is 0.282 e. The van der Waals surface area contributed by atoms with E-state index in [4.69, 9.17) is 49.3 Å². The van der Waals surface area contributed by atoms with Gasteiger partial charge in [-0.1, -0.05) is 72.3 Å². The maximum atomic E-state index is 13.4. The normalized spacial score (nSPS) is 14.3. The summed E-state index contributed by atoms with van der Waals surface area (Å²) in [5, 5.41) is 6.40. The molecule has 0 spiro atoms. The third-order valence-corrected chi connectivity index (χ3v) is 7.71. The maximum Gasteiger partial charge on any atom is 0.282 e. The van der Waals surface area contributed by atoms with E-state index in [9.17, 15) is 4.79 Å². The lowest BCUT2D eigenvalue weighted by atomic mass is 9.88. The van der Waals surface area contributed by atoms with Crippen LogP contribution in [0, 0.1) is 0 Å². The Labute approximate surface area is 235 Å². The number of hydrogen-bond acceptors (Lipinski definition) is 5. The SMILES string of the molecule is COc1cc(C=Nn2c(C3CCCCC3)nc3ccccc3c2=O)cc(Cl)c1OCc1ccc(Cl)c(Cl)c1. The van der Waals surface area contributed by atoms with Gasteiger partial charge >= 0.3 is 0 Å². The van der Waals surface area contributed by atoms with Crippen LogP contribution in [0.4, 0.5) is 0 Å². The molecular weight excluding hydrogens is 545 g/mol. The van der Waals surface area contributed by atoms with Gasteiger partial charge in [0.15, 0.2) is 11.5 Å². The Bertz CT molecular complexity index is 1560. The van der Waals surface area contributed by atoms with Gasteiger partial charge in [0, 0.05) is 5.92 Å². The van der Waals surface area contributed by atoms with Gasteiger partial charge in [-0.2, -0.15) is 9.78 Å². The summed E-state index contributed by atoms with van der Waals surface area (Å²) in [6.45, 7) is 0.226. The topological polar surface area (TPSA) is 65.7 Å². The molecule has 196 valence electrons. The van der Waals surface area contributed by atoms with Crippen molar-refractivity contribution in [2.24, 2.45) is 5.10 Å². The molecular formula is C29H26Cl3N3O3. The summed E-state index contributed by atoms with van der Waals surface area (Å²) in [7, 11) is 1.54. The van der Waals surface area contributed by atoms with E-state index in [1.807, 2.05) is 24.3 Å². The van der Waals surface area contributed by atoms with Gasteiger partial charge in [0.05, 0.1) is 39.3 Å². The molecule has 1 saturated carbocycles. The molecule has 0 saturated heterocycles. The van der Waals surface area contributed by atoms with Crippen molar-refractivity contribution in [3.63, 3.8) is 0 Å². The molecule has 38 heavy (non-hydrogen) atoms. The average molecular weight is 571 g/mol. The largest absolute Gasteiger partial charge is 0.493 e. The summed E-state index contributed by atoms with van der Waals surface area (Å²) in [5.41, 5.74) is 2.00. The number of rotatable bonds is 7. The van der Waals surface area contributed by atoms with Crippen molar-refractivity contribution < 1.29 is 9.47 Å². The van der Waals surface area contributed by atoms with Crippen molar-refractivity contribution >= 4 is 51.9 Å². The Morgan fingerprint density at radius 2 is 1.79 bits per heavy atom. The quantitative estimate of drug-likeness (QED) is 0.212. The molecule has 0 radical (unpaired) electrons. The Kier molecular flexibility index (Phi) is 8.22. The van der Waals surface area contributed by atoms with Crippen LogP contribution >= 0.6 is 34.8 Å². The van der Waals surface area contributed by atoms with Gasteiger partial charge in [0.2, 0.25) is 0 Å². The van der Waals surface area contributed by atoms with Gasteiger partial charge in [0.25, 0.3) is 5.56 Å². The van der Waals surface area contributed by atoms with Crippen molar-refractivity contribution in [2.45, 2.75) is 44.6 Å². The third kappa shape index (κ3) is 5.68. The number of methoxy groups -OCH3 is 1. The molecule has 0 atom stereocenters. The first-order valence-electron chi connectivity index (χ1n) is 12.4. The van der Waals surface area contributed by atoms with Gasteiger partial charge in [0.1, 0.15) is 12.4 Å². The van der Waals surface area contributed by atoms with Gasteiger partial charge in [-0.05, 0) is 60.4 Å². The second kappa shape index (κ2) is 11.8. The van der Waals surface area contributed by atoms with Crippen LogP contribution in [0.25, 0.3) is 10.9 Å². The summed E-state index contributed by atoms with van der Waals surface area (Å²) in [4.78, 5) is 18.3. The van der Waals surface area contributed by atoms with Gasteiger partial charge < -0.3 is 9.47 Å². The first kappa shape index (κ1) is 26.5. The molecule has 0 amide bonds. The predicted octanol–water partition coefficient (Wildman–Crippen LogP) is 7.87. The monoisotopic (exact) mass is 569 g/mol. The highest BCUT2D eigenvalue weighted by atomic mass is 35.5. The molecule has 3 aromatic carbocycles. The molecule has 0 N–H and O–H groups in total. The molecule has 1 aliphatic rings. The average Bonchev–Trinajstić information content (AvgIpc) is 2.94. The van der Waals surface area contributed by atoms with E-state index in [1.54, 1.807) is 36.5 Å². The fraction of sp³-hybridized carbons (Fsp3) is 0.276. The number of hydrogen-bond donors (Lipinski definition) is 0. The van der Waals surface area contributed by atoms with Crippen LogP contribution in [0.1, 0.15) is 55.0 Å². The lowest BCUT2D eigenvalue weighted by Gasteiger charge is -2.22. The van der Waals surface area contributed by atoms with Crippen molar-refractivity contribution in [3.8, 4) is 11.5 Å². The molecule has 0 unspecified atom stereocenters. The number of halogens is 3. The van der Waals surface area contributed by atoms with Gasteiger partial charge in [-0.15, -0.1) is 0 Å². The van der Waals surface area contributed by atoms with Crippen LogP contribution in [0.2, 0.25) is 15.1 Å². The summed E-state index contributed by atoms with van der Waals surface area (Å²) >= 11 is 18.7. The molecule has 1 aromatic heterocycles. The van der Waals surface area contributed by atoms with Crippen molar-refractivity contribution in [1.29, 1.82) is 0 Å². The minimum Gasteiger partial charge on any atom is -0.493 e. The lowest BCUT2D eigenvalue weighted by Crippen LogP contribution is -2.25. The van der Waals surface area contributed by atoms with Gasteiger partial charge in [-0.3, -0.25) is 4.79 Å². The number of nitrogens with zero attached hydrogens (tertiary/aromatic N) is 3. The highest BCUT2D eigenvalue weighted by Crippen LogP contribution is 2.37. The Balaban J connectivity index is 1.47. The zero-order valence-electron chi connectivity index (χ0n) is 20.8. The summed E-state index contributed by atoms with van der Waals surface area (Å²) < 4.78 is 12.9. The Hall–Kier alpha value is -3.06. The zero-order chi connectivity index (χ0) is 26.6. The van der Waals surface area contributed by atoms with E-state index in [2.05, 4.69) is 5.10 Å². The van der Waals surface area contributed by atoms with Crippen LogP contribution in [0.3, 0.4) is 0 Å². The second-order valence-corrected chi connectivity index (χ2v) is 10.5. The molecule has 1 aliphatic carbocycles. The third-order valence-electron chi connectivity index (χ3n) is 6.69. The molecule has 1 fully saturated rings. The second-order valence-electron chi connectivity index (χ2n) is 9.25. The predicted molar refractivity (Wildman–Crippen MR) is 154 cm³/mol.